The van der Waals surface area contributed by atoms with Crippen molar-refractivity contribution >= 4 is 29.8 Å². The lowest BCUT2D eigenvalue weighted by molar-refractivity contribution is -0.160. The third-order valence-corrected chi connectivity index (χ3v) is 5.46. The molecule has 5 atom stereocenters. The predicted molar refractivity (Wildman–Crippen MR) is 146 cm³/mol. The molecule has 226 valence electrons. The van der Waals surface area contributed by atoms with Gasteiger partial charge in [0.15, 0.2) is 0 Å². The van der Waals surface area contributed by atoms with Gasteiger partial charge in [0.1, 0.15) is 30.3 Å². The van der Waals surface area contributed by atoms with Crippen LogP contribution in [0.4, 0.5) is 0 Å². The van der Waals surface area contributed by atoms with Crippen LogP contribution < -0.4 is 28.3 Å². The fraction of sp³-hybridized carbons (Fsp3) is 0.577. The Morgan fingerprint density at radius 2 is 1.57 bits per heavy atom. The van der Waals surface area contributed by atoms with Crippen molar-refractivity contribution in [3.63, 3.8) is 0 Å². The Morgan fingerprint density at radius 3 is 2.00 bits per heavy atom. The molecule has 0 radical (unpaired) electrons. The molecule has 2 rings (SSSR count). The molecule has 1 fully saturated rings. The minimum atomic E-state index is -1.23. The highest BCUT2D eigenvalue weighted by atomic mass is 16.6. The zero-order valence-electron chi connectivity index (χ0n) is 23.2. The first-order valence-corrected chi connectivity index (χ1v) is 12.8. The summed E-state index contributed by atoms with van der Waals surface area (Å²) >= 11 is 0. The van der Waals surface area contributed by atoms with E-state index in [4.69, 9.17) is 37.9 Å². The van der Waals surface area contributed by atoms with Gasteiger partial charge in [-0.05, 0) is 50.6 Å². The van der Waals surface area contributed by atoms with Crippen LogP contribution in [0, 0.1) is 5.92 Å². The molecule has 0 bridgehead atoms. The van der Waals surface area contributed by atoms with E-state index in [1.807, 2.05) is 44.2 Å². The number of hydrogen-bond donors (Lipinski definition) is 7. The molecule has 0 amide bonds. The van der Waals surface area contributed by atoms with Crippen molar-refractivity contribution < 1.29 is 43.7 Å². The molecule has 1 saturated heterocycles. The number of carbonyl (C=O) groups excluding carboxylic acids is 3. The van der Waals surface area contributed by atoms with Gasteiger partial charge in [0.25, 0.3) is 0 Å². The van der Waals surface area contributed by atoms with E-state index < -0.39 is 54.1 Å². The average molecular weight is 570 g/mol. The van der Waals surface area contributed by atoms with Gasteiger partial charge in [0.2, 0.25) is 0 Å². The van der Waals surface area contributed by atoms with Crippen molar-refractivity contribution in [2.24, 2.45) is 28.9 Å². The van der Waals surface area contributed by atoms with Crippen LogP contribution in [-0.2, 0) is 39.9 Å². The van der Waals surface area contributed by atoms with Gasteiger partial charge in [-0.25, -0.2) is 4.79 Å². The molecule has 14 heteroatoms. The van der Waals surface area contributed by atoms with Gasteiger partial charge in [-0.1, -0.05) is 44.2 Å². The second-order valence-electron chi connectivity index (χ2n) is 9.52. The third-order valence-electron chi connectivity index (χ3n) is 5.46. The Labute approximate surface area is 233 Å². The molecule has 0 aromatic heterocycles. The number of carboxylic acids is 2. The van der Waals surface area contributed by atoms with E-state index >= 15 is 0 Å². The predicted octanol–water partition coefficient (Wildman–Crippen LogP) is -0.889. The highest BCUT2D eigenvalue weighted by molar-refractivity contribution is 5.89. The van der Waals surface area contributed by atoms with Crippen molar-refractivity contribution in [1.29, 1.82) is 0 Å². The number of ether oxygens (including phenoxy) is 2. The fourth-order valence-electron chi connectivity index (χ4n) is 3.23. The molecule has 11 N–H and O–H groups in total. The van der Waals surface area contributed by atoms with Crippen LogP contribution in [0.25, 0.3) is 0 Å². The fourth-order valence-corrected chi connectivity index (χ4v) is 3.23. The molecule has 0 aliphatic carbocycles. The van der Waals surface area contributed by atoms with Crippen molar-refractivity contribution in [2.45, 2.75) is 76.7 Å². The summed E-state index contributed by atoms with van der Waals surface area (Å²) in [4.78, 5) is 54.1. The molecule has 14 nitrogen and oxygen atoms in total. The summed E-state index contributed by atoms with van der Waals surface area (Å²) < 4.78 is 9.27. The van der Waals surface area contributed by atoms with Gasteiger partial charge >= 0.3 is 29.8 Å². The number of carbonyl (C=O) groups is 5. The maximum atomic E-state index is 11.4. The summed E-state index contributed by atoms with van der Waals surface area (Å²) in [6, 6.07) is 6.17. The van der Waals surface area contributed by atoms with E-state index in [0.717, 1.165) is 24.9 Å². The molecule has 1 heterocycles. The first-order valence-electron chi connectivity index (χ1n) is 12.8. The highest BCUT2D eigenvalue weighted by Crippen LogP contribution is 2.07. The first kappa shape index (κ1) is 36.6. The van der Waals surface area contributed by atoms with E-state index in [9.17, 15) is 24.0 Å². The quantitative estimate of drug-likeness (QED) is 0.126. The van der Waals surface area contributed by atoms with E-state index in [-0.39, 0.29) is 18.5 Å². The highest BCUT2D eigenvalue weighted by Gasteiger charge is 2.26. The zero-order chi connectivity index (χ0) is 30.8. The van der Waals surface area contributed by atoms with E-state index in [0.29, 0.717) is 12.8 Å². The molecule has 0 spiro atoms. The molecule has 1 aromatic carbocycles. The minimum absolute atomic E-state index is 0.269. The normalized spacial score (nSPS) is 17.1. The van der Waals surface area contributed by atoms with Crippen molar-refractivity contribution in [2.75, 3.05) is 13.1 Å². The van der Waals surface area contributed by atoms with Gasteiger partial charge in [-0.2, -0.15) is 0 Å². The molecular formula is C26H43N5O9. The Hall–Kier alpha value is -3.43. The summed E-state index contributed by atoms with van der Waals surface area (Å²) in [7, 11) is 0. The van der Waals surface area contributed by atoms with Crippen LogP contribution in [0.5, 0.6) is 0 Å². The Balaban J connectivity index is 0.000000601. The number of rotatable bonds is 11. The van der Waals surface area contributed by atoms with Gasteiger partial charge in [-0.3, -0.25) is 19.2 Å². The van der Waals surface area contributed by atoms with Crippen LogP contribution in [0.2, 0.25) is 0 Å². The van der Waals surface area contributed by atoms with Crippen molar-refractivity contribution in [3.8, 4) is 0 Å². The van der Waals surface area contributed by atoms with E-state index in [1.54, 1.807) is 0 Å². The lowest BCUT2D eigenvalue weighted by atomic mass is 10.0. The van der Waals surface area contributed by atoms with Crippen LogP contribution >= 0.6 is 0 Å². The molecule has 1 aliphatic heterocycles. The maximum absolute atomic E-state index is 11.4. The molecule has 1 aromatic rings. The standard InChI is InChI=1S/C11H14N2O3.C10H20N2O4.C5H9NO2/c12-7-10(14)16-11(15)9(13)6-8-4-2-1-3-5-8;1-5(2)4-7(11)10(15)16-6(3)8(12)9(13)14;7-5(8)4-2-1-3-6-4/h1-5,9H,6-7,12-13H2;5-8H,4,11-12H2,1-3H3,(H,13,14);4,6H,1-3H2,(H,7,8)/t9-;6-,7+,8+;4-/m010/s1. The maximum Gasteiger partial charge on any atom is 0.330 e. The van der Waals surface area contributed by atoms with Gasteiger partial charge < -0.3 is 47.9 Å². The first-order chi connectivity index (χ1) is 18.7. The van der Waals surface area contributed by atoms with Crippen molar-refractivity contribution in [3.05, 3.63) is 35.9 Å². The van der Waals surface area contributed by atoms with Gasteiger partial charge in [-0.15, -0.1) is 0 Å². The average Bonchev–Trinajstić information content (AvgIpc) is 3.44. The number of nitrogens with one attached hydrogen (secondary N) is 1. The summed E-state index contributed by atoms with van der Waals surface area (Å²) in [5.41, 5.74) is 22.4. The van der Waals surface area contributed by atoms with Crippen LogP contribution in [0.1, 0.15) is 45.6 Å². The lowest BCUT2D eigenvalue weighted by Gasteiger charge is -2.20. The molecule has 0 saturated carbocycles. The second-order valence-corrected chi connectivity index (χ2v) is 9.52. The summed E-state index contributed by atoms with van der Waals surface area (Å²) in [5.74, 6) is -3.79. The number of nitrogens with two attached hydrogens (primary N) is 4. The lowest BCUT2D eigenvalue weighted by Crippen LogP contribution is -2.45. The Morgan fingerprint density at radius 1 is 0.975 bits per heavy atom. The summed E-state index contributed by atoms with van der Waals surface area (Å²) in [5, 5.41) is 19.8. The number of carboxylic acid groups (broad SMARTS) is 2. The largest absolute Gasteiger partial charge is 0.480 e. The van der Waals surface area contributed by atoms with E-state index in [1.165, 1.54) is 6.92 Å². The minimum Gasteiger partial charge on any atom is -0.480 e. The number of esters is 3. The number of benzene rings is 1. The molecule has 1 aliphatic rings. The Kier molecular flexibility index (Phi) is 17.9. The molecular weight excluding hydrogens is 526 g/mol. The Bertz CT molecular complexity index is 940. The number of hydrogen-bond acceptors (Lipinski definition) is 12. The van der Waals surface area contributed by atoms with E-state index in [2.05, 4.69) is 10.1 Å². The molecule has 0 unspecified atom stereocenters. The SMILES string of the molecule is CC(C)C[C@H](N)C(=O)O[C@H](C)[C@H](N)C(=O)O.NCC(=O)OC(=O)[C@@H](N)Cc1ccccc1.O=C(O)[C@@H]1CCCN1. The monoisotopic (exact) mass is 569 g/mol. The van der Waals surface area contributed by atoms with Gasteiger partial charge in [0.05, 0.1) is 6.54 Å². The van der Waals surface area contributed by atoms with Crippen molar-refractivity contribution in [1.82, 2.24) is 5.32 Å². The number of aliphatic carboxylic acids is 2. The second kappa shape index (κ2) is 19.6. The summed E-state index contributed by atoms with van der Waals surface area (Å²) in [6.07, 6.45) is 1.72. The van der Waals surface area contributed by atoms with Gasteiger partial charge in [0, 0.05) is 0 Å². The topological polar surface area (TPSA) is 260 Å². The zero-order valence-corrected chi connectivity index (χ0v) is 23.2. The van der Waals surface area contributed by atoms with Crippen LogP contribution in [0.15, 0.2) is 30.3 Å². The van der Waals surface area contributed by atoms with Crippen LogP contribution in [0.3, 0.4) is 0 Å². The molecule has 40 heavy (non-hydrogen) atoms. The third kappa shape index (κ3) is 15.9. The smallest absolute Gasteiger partial charge is 0.330 e. The summed E-state index contributed by atoms with van der Waals surface area (Å²) in [6.45, 7) is 5.82. The van der Waals surface area contributed by atoms with Crippen LogP contribution in [-0.4, -0.2) is 83.4 Å².